The molecule has 2 saturated heterocycles. The largest absolute Gasteiger partial charge is 0.418 e. The normalized spacial score (nSPS) is 16.3. The zero-order valence-corrected chi connectivity index (χ0v) is 23.4. The first-order valence-corrected chi connectivity index (χ1v) is 14.4. The highest BCUT2D eigenvalue weighted by atomic mass is 19.4. The molecule has 2 aliphatic rings. The van der Waals surface area contributed by atoms with Crippen LogP contribution < -0.4 is 26.0 Å². The Morgan fingerprint density at radius 1 is 0.721 bits per heavy atom. The van der Waals surface area contributed by atoms with Gasteiger partial charge in [-0.05, 0) is 54.1 Å². The van der Waals surface area contributed by atoms with Crippen LogP contribution in [0.2, 0.25) is 0 Å². The molecule has 0 saturated carbocycles. The summed E-state index contributed by atoms with van der Waals surface area (Å²) in [6.07, 6.45) is -1.11. The Labute approximate surface area is 245 Å². The van der Waals surface area contributed by atoms with Crippen LogP contribution in [-0.2, 0) is 6.18 Å². The van der Waals surface area contributed by atoms with Gasteiger partial charge in [-0.25, -0.2) is 4.98 Å². The second kappa shape index (κ2) is 11.0. The fourth-order valence-corrected chi connectivity index (χ4v) is 6.06. The Kier molecular flexibility index (Phi) is 6.98. The van der Waals surface area contributed by atoms with E-state index in [0.29, 0.717) is 48.0 Å². The third-order valence-electron chi connectivity index (χ3n) is 8.24. The Morgan fingerprint density at radius 2 is 1.44 bits per heavy atom. The minimum atomic E-state index is -4.59. The third-order valence-corrected chi connectivity index (χ3v) is 8.24. The summed E-state index contributed by atoms with van der Waals surface area (Å²) in [5.74, 6) is 0.914. The van der Waals surface area contributed by atoms with E-state index in [-0.39, 0.29) is 11.4 Å². The second-order valence-corrected chi connectivity index (χ2v) is 10.9. The standard InChI is InChI=1S/C32H30F3N7O/c33-32(34,35)26-18-24(4-6-28(26)40-13-9-36-10-14-40)42-30(43)8-3-23-20-38-27-5-1-21(17-25(27)31(23)42)22-2-7-29(39-19-22)41-15-11-37-12-16-41/h1-8,17-20,36-37H,9-16H2. The van der Waals surface area contributed by atoms with E-state index in [4.69, 9.17) is 4.98 Å². The first-order valence-electron chi connectivity index (χ1n) is 14.4. The fraction of sp³-hybridized carbons (Fsp3) is 0.281. The van der Waals surface area contributed by atoms with Crippen molar-refractivity contribution < 1.29 is 13.2 Å². The molecule has 7 rings (SSSR count). The highest BCUT2D eigenvalue weighted by molar-refractivity contribution is 6.05. The highest BCUT2D eigenvalue weighted by Gasteiger charge is 2.36. The molecule has 2 fully saturated rings. The van der Waals surface area contributed by atoms with Crippen molar-refractivity contribution >= 4 is 33.3 Å². The highest BCUT2D eigenvalue weighted by Crippen LogP contribution is 2.39. The summed E-state index contributed by atoms with van der Waals surface area (Å²) in [6, 6.07) is 17.0. The molecule has 2 aliphatic heterocycles. The smallest absolute Gasteiger partial charge is 0.368 e. The monoisotopic (exact) mass is 585 g/mol. The van der Waals surface area contributed by atoms with Gasteiger partial charge in [0.25, 0.3) is 5.56 Å². The van der Waals surface area contributed by atoms with Crippen LogP contribution in [0, 0.1) is 0 Å². The van der Waals surface area contributed by atoms with Crippen LogP contribution in [0.1, 0.15) is 5.56 Å². The van der Waals surface area contributed by atoms with Gasteiger partial charge in [-0.3, -0.25) is 14.3 Å². The lowest BCUT2D eigenvalue weighted by molar-refractivity contribution is -0.137. The maximum atomic E-state index is 14.4. The quantitative estimate of drug-likeness (QED) is 0.302. The number of hydrogen-bond donors (Lipinski definition) is 2. The molecule has 0 spiro atoms. The number of nitrogens with zero attached hydrogens (tertiary/aromatic N) is 5. The minimum absolute atomic E-state index is 0.122. The molecule has 8 nitrogen and oxygen atoms in total. The molecule has 0 unspecified atom stereocenters. The van der Waals surface area contributed by atoms with E-state index in [1.807, 2.05) is 36.5 Å². The summed E-state index contributed by atoms with van der Waals surface area (Å²) in [6.45, 7) is 5.78. The van der Waals surface area contributed by atoms with Crippen molar-refractivity contribution in [3.05, 3.63) is 89.0 Å². The molecule has 0 bridgehead atoms. The van der Waals surface area contributed by atoms with Crippen LogP contribution in [0.5, 0.6) is 0 Å². The molecule has 2 N–H and O–H groups in total. The summed E-state index contributed by atoms with van der Waals surface area (Å²) in [5, 5.41) is 7.83. The van der Waals surface area contributed by atoms with E-state index in [9.17, 15) is 18.0 Å². The number of pyridine rings is 3. The Morgan fingerprint density at radius 3 is 2.14 bits per heavy atom. The van der Waals surface area contributed by atoms with Crippen LogP contribution in [0.15, 0.2) is 77.9 Å². The lowest BCUT2D eigenvalue weighted by Gasteiger charge is -2.32. The zero-order valence-electron chi connectivity index (χ0n) is 23.4. The first kappa shape index (κ1) is 27.4. The molecule has 3 aromatic heterocycles. The maximum absolute atomic E-state index is 14.4. The number of halogens is 3. The number of aromatic nitrogens is 3. The lowest BCUT2D eigenvalue weighted by Crippen LogP contribution is -2.44. The molecule has 11 heteroatoms. The molecule has 0 radical (unpaired) electrons. The van der Waals surface area contributed by atoms with Gasteiger partial charge < -0.3 is 20.4 Å². The van der Waals surface area contributed by atoms with Crippen LogP contribution in [0.25, 0.3) is 38.6 Å². The van der Waals surface area contributed by atoms with Crippen LogP contribution in [0.3, 0.4) is 0 Å². The predicted molar refractivity (Wildman–Crippen MR) is 163 cm³/mol. The molecule has 0 aliphatic carbocycles. The average Bonchev–Trinajstić information content (AvgIpc) is 3.04. The Balaban J connectivity index is 1.36. The SMILES string of the molecule is O=c1ccc2cnc3ccc(-c4ccc(N5CCNCC5)nc4)cc3c2n1-c1ccc(N2CCNCC2)c(C(F)(F)F)c1. The maximum Gasteiger partial charge on any atom is 0.418 e. The third kappa shape index (κ3) is 5.19. The molecule has 5 aromatic rings. The van der Waals surface area contributed by atoms with Crippen LogP contribution >= 0.6 is 0 Å². The van der Waals surface area contributed by atoms with Gasteiger partial charge in [0.1, 0.15) is 5.82 Å². The summed E-state index contributed by atoms with van der Waals surface area (Å²) in [5.41, 5.74) is 2.00. The predicted octanol–water partition coefficient (Wildman–Crippen LogP) is 4.44. The van der Waals surface area contributed by atoms with Crippen molar-refractivity contribution in [1.82, 2.24) is 25.2 Å². The van der Waals surface area contributed by atoms with E-state index >= 15 is 0 Å². The van der Waals surface area contributed by atoms with Gasteiger partial charge in [0.2, 0.25) is 0 Å². The van der Waals surface area contributed by atoms with Gasteiger partial charge in [0.15, 0.2) is 0 Å². The number of piperazine rings is 2. The molecule has 220 valence electrons. The molecule has 0 atom stereocenters. The summed E-state index contributed by atoms with van der Waals surface area (Å²) in [7, 11) is 0. The molecular formula is C32H30F3N7O. The number of nitrogens with one attached hydrogen (secondary N) is 2. The van der Waals surface area contributed by atoms with Crippen molar-refractivity contribution in [3.8, 4) is 16.8 Å². The molecule has 2 aromatic carbocycles. The van der Waals surface area contributed by atoms with Gasteiger partial charge in [0, 0.05) is 92.8 Å². The zero-order chi connectivity index (χ0) is 29.6. The van der Waals surface area contributed by atoms with Crippen LogP contribution in [-0.4, -0.2) is 66.9 Å². The minimum Gasteiger partial charge on any atom is -0.368 e. The number of rotatable bonds is 4. The first-order chi connectivity index (χ1) is 20.9. The van der Waals surface area contributed by atoms with E-state index in [0.717, 1.165) is 49.2 Å². The van der Waals surface area contributed by atoms with Gasteiger partial charge in [-0.2, -0.15) is 13.2 Å². The van der Waals surface area contributed by atoms with E-state index < -0.39 is 17.3 Å². The Bertz CT molecular complexity index is 1860. The van der Waals surface area contributed by atoms with Crippen LogP contribution in [0.4, 0.5) is 24.7 Å². The van der Waals surface area contributed by atoms with Crippen molar-refractivity contribution in [2.24, 2.45) is 0 Å². The fourth-order valence-electron chi connectivity index (χ4n) is 6.06. The number of benzene rings is 2. The van der Waals surface area contributed by atoms with Gasteiger partial charge in [-0.1, -0.05) is 6.07 Å². The van der Waals surface area contributed by atoms with Gasteiger partial charge in [0.05, 0.1) is 22.3 Å². The van der Waals surface area contributed by atoms with E-state index in [1.165, 1.54) is 16.7 Å². The number of hydrogen-bond acceptors (Lipinski definition) is 7. The second-order valence-electron chi connectivity index (χ2n) is 10.9. The number of fused-ring (bicyclic) bond motifs is 3. The van der Waals surface area contributed by atoms with E-state index in [2.05, 4.69) is 20.5 Å². The number of anilines is 2. The molecule has 43 heavy (non-hydrogen) atoms. The van der Waals surface area contributed by atoms with Crippen molar-refractivity contribution in [2.45, 2.75) is 6.18 Å². The van der Waals surface area contributed by atoms with Crippen molar-refractivity contribution in [2.75, 3.05) is 62.2 Å². The van der Waals surface area contributed by atoms with Gasteiger partial charge >= 0.3 is 6.18 Å². The lowest BCUT2D eigenvalue weighted by atomic mass is 10.0. The summed E-state index contributed by atoms with van der Waals surface area (Å²) in [4.78, 5) is 26.6. The van der Waals surface area contributed by atoms with Crippen molar-refractivity contribution in [3.63, 3.8) is 0 Å². The van der Waals surface area contributed by atoms with Gasteiger partial charge in [-0.15, -0.1) is 0 Å². The average molecular weight is 586 g/mol. The number of alkyl halides is 3. The molecular weight excluding hydrogens is 555 g/mol. The summed E-state index contributed by atoms with van der Waals surface area (Å²) < 4.78 is 44.6. The Hall–Kier alpha value is -4.48. The molecule has 5 heterocycles. The summed E-state index contributed by atoms with van der Waals surface area (Å²) >= 11 is 0. The molecule has 0 amide bonds. The van der Waals surface area contributed by atoms with E-state index in [1.54, 1.807) is 23.2 Å². The topological polar surface area (TPSA) is 78.3 Å². The van der Waals surface area contributed by atoms with Crippen molar-refractivity contribution in [1.29, 1.82) is 0 Å².